The number of hydrogen-bond donors (Lipinski definition) is 1. The Kier molecular flexibility index (Phi) is 5.13. The number of thioether (sulfide) groups is 1. The van der Waals surface area contributed by atoms with Crippen LogP contribution < -0.4 is 5.56 Å². The SMILES string of the molecule is Cc1ccc(-c2c(C)sc3nc(CSc4nnnn4-c4ccccc4)[nH]c(=O)c23)cc1. The summed E-state index contributed by atoms with van der Waals surface area (Å²) in [5.41, 5.74) is 3.93. The molecule has 0 saturated carbocycles. The van der Waals surface area contributed by atoms with Crippen molar-refractivity contribution >= 4 is 33.3 Å². The Morgan fingerprint density at radius 1 is 1.06 bits per heavy atom. The van der Waals surface area contributed by atoms with E-state index < -0.39 is 0 Å². The highest BCUT2D eigenvalue weighted by molar-refractivity contribution is 7.98. The summed E-state index contributed by atoms with van der Waals surface area (Å²) >= 11 is 2.97. The number of nitrogens with zero attached hydrogens (tertiary/aromatic N) is 5. The molecule has 5 aromatic rings. The normalized spacial score (nSPS) is 11.3. The lowest BCUT2D eigenvalue weighted by Gasteiger charge is -2.05. The van der Waals surface area contributed by atoms with Crippen molar-refractivity contribution in [2.24, 2.45) is 0 Å². The molecule has 0 fully saturated rings. The van der Waals surface area contributed by atoms with Crippen LogP contribution in [0.4, 0.5) is 0 Å². The van der Waals surface area contributed by atoms with E-state index in [9.17, 15) is 4.79 Å². The maximum atomic E-state index is 13.0. The van der Waals surface area contributed by atoms with Crippen LogP contribution in [0.25, 0.3) is 27.0 Å². The highest BCUT2D eigenvalue weighted by Crippen LogP contribution is 2.35. The molecule has 3 heterocycles. The number of tetrazole rings is 1. The molecule has 0 bridgehead atoms. The zero-order chi connectivity index (χ0) is 21.4. The fourth-order valence-corrected chi connectivity index (χ4v) is 5.26. The first-order valence-electron chi connectivity index (χ1n) is 9.66. The molecular weight excluding hydrogens is 428 g/mol. The predicted molar refractivity (Wildman–Crippen MR) is 124 cm³/mol. The fraction of sp³-hybridized carbons (Fsp3) is 0.136. The van der Waals surface area contributed by atoms with Gasteiger partial charge < -0.3 is 4.98 Å². The number of aromatic nitrogens is 6. The largest absolute Gasteiger partial charge is 0.309 e. The molecule has 0 unspecified atom stereocenters. The second kappa shape index (κ2) is 8.09. The Labute approximate surface area is 186 Å². The third kappa shape index (κ3) is 3.77. The van der Waals surface area contributed by atoms with Crippen molar-refractivity contribution in [3.05, 3.63) is 81.2 Å². The standard InChI is InChI=1S/C22H18N6OS2/c1-13-8-10-15(11-9-13)18-14(2)31-21-19(18)20(29)23-17(24-21)12-30-22-25-26-27-28(22)16-6-4-3-5-7-16/h3-11H,12H2,1-2H3,(H,23,24,29). The van der Waals surface area contributed by atoms with E-state index in [1.165, 1.54) is 17.3 Å². The first kappa shape index (κ1) is 19.7. The monoisotopic (exact) mass is 446 g/mol. The molecule has 0 amide bonds. The fourth-order valence-electron chi connectivity index (χ4n) is 3.43. The van der Waals surface area contributed by atoms with Crippen LogP contribution in [0.2, 0.25) is 0 Å². The number of para-hydroxylation sites is 1. The molecule has 31 heavy (non-hydrogen) atoms. The summed E-state index contributed by atoms with van der Waals surface area (Å²) in [5, 5.41) is 13.2. The Bertz CT molecular complexity index is 1420. The molecule has 0 aliphatic heterocycles. The number of rotatable bonds is 5. The van der Waals surface area contributed by atoms with Crippen LogP contribution in [-0.2, 0) is 5.75 Å². The number of thiophene rings is 1. The number of aryl methyl sites for hydroxylation is 2. The summed E-state index contributed by atoms with van der Waals surface area (Å²) in [6.45, 7) is 4.08. The molecule has 9 heteroatoms. The van der Waals surface area contributed by atoms with Crippen LogP contribution in [0, 0.1) is 13.8 Å². The topological polar surface area (TPSA) is 89.3 Å². The molecule has 3 aromatic heterocycles. The molecule has 1 N–H and O–H groups in total. The molecule has 2 aromatic carbocycles. The summed E-state index contributed by atoms with van der Waals surface area (Å²) in [4.78, 5) is 22.5. The van der Waals surface area contributed by atoms with Crippen LogP contribution in [0.15, 0.2) is 64.5 Å². The average Bonchev–Trinajstić information content (AvgIpc) is 3.37. The summed E-state index contributed by atoms with van der Waals surface area (Å²) in [7, 11) is 0. The molecule has 5 rings (SSSR count). The van der Waals surface area contributed by atoms with E-state index in [-0.39, 0.29) is 5.56 Å². The van der Waals surface area contributed by atoms with Crippen molar-refractivity contribution in [2.75, 3.05) is 0 Å². The lowest BCUT2D eigenvalue weighted by atomic mass is 10.0. The smallest absolute Gasteiger partial charge is 0.260 e. The molecule has 0 aliphatic rings. The zero-order valence-electron chi connectivity index (χ0n) is 16.9. The number of nitrogens with one attached hydrogen (secondary N) is 1. The molecule has 0 saturated heterocycles. The maximum absolute atomic E-state index is 13.0. The second-order valence-corrected chi connectivity index (χ2v) is 9.24. The summed E-state index contributed by atoms with van der Waals surface area (Å²) < 4.78 is 1.67. The van der Waals surface area contributed by atoms with Crippen LogP contribution in [0.3, 0.4) is 0 Å². The minimum atomic E-state index is -0.122. The van der Waals surface area contributed by atoms with E-state index in [0.29, 0.717) is 22.1 Å². The second-order valence-electron chi connectivity index (χ2n) is 7.09. The molecule has 0 spiro atoms. The van der Waals surface area contributed by atoms with E-state index in [0.717, 1.165) is 26.5 Å². The highest BCUT2D eigenvalue weighted by Gasteiger charge is 2.17. The van der Waals surface area contributed by atoms with Crippen LogP contribution in [-0.4, -0.2) is 30.2 Å². The van der Waals surface area contributed by atoms with E-state index in [1.807, 2.05) is 37.3 Å². The van der Waals surface area contributed by atoms with Gasteiger partial charge in [-0.3, -0.25) is 4.79 Å². The van der Waals surface area contributed by atoms with E-state index >= 15 is 0 Å². The van der Waals surface area contributed by atoms with Gasteiger partial charge in [-0.15, -0.1) is 16.4 Å². The van der Waals surface area contributed by atoms with Crippen LogP contribution >= 0.6 is 23.1 Å². The number of hydrogen-bond acceptors (Lipinski definition) is 7. The van der Waals surface area contributed by atoms with Crippen molar-refractivity contribution in [2.45, 2.75) is 24.8 Å². The van der Waals surface area contributed by atoms with Crippen LogP contribution in [0.1, 0.15) is 16.3 Å². The molecular formula is C22H18N6OS2. The Morgan fingerprint density at radius 3 is 2.61 bits per heavy atom. The number of benzene rings is 2. The minimum Gasteiger partial charge on any atom is -0.309 e. The third-order valence-electron chi connectivity index (χ3n) is 4.91. The first-order valence-corrected chi connectivity index (χ1v) is 11.5. The van der Waals surface area contributed by atoms with Gasteiger partial charge in [0, 0.05) is 10.4 Å². The number of fused-ring (bicyclic) bond motifs is 1. The van der Waals surface area contributed by atoms with Gasteiger partial charge in [-0.2, -0.15) is 4.68 Å². The van der Waals surface area contributed by atoms with Crippen molar-refractivity contribution < 1.29 is 0 Å². The lowest BCUT2D eigenvalue weighted by molar-refractivity contribution is 0.756. The highest BCUT2D eigenvalue weighted by atomic mass is 32.2. The van der Waals surface area contributed by atoms with Gasteiger partial charge in [0.05, 0.1) is 16.8 Å². The van der Waals surface area contributed by atoms with Crippen molar-refractivity contribution in [1.82, 2.24) is 30.2 Å². The van der Waals surface area contributed by atoms with E-state index in [2.05, 4.69) is 51.7 Å². The van der Waals surface area contributed by atoms with Crippen molar-refractivity contribution in [1.29, 1.82) is 0 Å². The quantitative estimate of drug-likeness (QED) is 0.399. The Hall–Kier alpha value is -3.30. The van der Waals surface area contributed by atoms with E-state index in [1.54, 1.807) is 16.0 Å². The van der Waals surface area contributed by atoms with E-state index in [4.69, 9.17) is 4.98 Å². The Morgan fingerprint density at radius 2 is 1.84 bits per heavy atom. The van der Waals surface area contributed by atoms with Crippen molar-refractivity contribution in [3.63, 3.8) is 0 Å². The van der Waals surface area contributed by atoms with Gasteiger partial charge in [0.25, 0.3) is 5.56 Å². The van der Waals surface area contributed by atoms with Crippen LogP contribution in [0.5, 0.6) is 0 Å². The third-order valence-corrected chi connectivity index (χ3v) is 6.84. The average molecular weight is 447 g/mol. The summed E-state index contributed by atoms with van der Waals surface area (Å²) in [6.07, 6.45) is 0. The van der Waals surface area contributed by atoms with Crippen molar-refractivity contribution in [3.8, 4) is 16.8 Å². The minimum absolute atomic E-state index is 0.122. The van der Waals surface area contributed by atoms with Gasteiger partial charge in [0.15, 0.2) is 0 Å². The summed E-state index contributed by atoms with van der Waals surface area (Å²) in [5.74, 6) is 1.05. The molecule has 7 nitrogen and oxygen atoms in total. The summed E-state index contributed by atoms with van der Waals surface area (Å²) in [6, 6.07) is 17.9. The maximum Gasteiger partial charge on any atom is 0.260 e. The zero-order valence-corrected chi connectivity index (χ0v) is 18.5. The number of aromatic amines is 1. The van der Waals surface area contributed by atoms with Gasteiger partial charge in [0.1, 0.15) is 10.7 Å². The molecule has 0 aliphatic carbocycles. The molecule has 0 radical (unpaired) electrons. The van der Waals surface area contributed by atoms with Gasteiger partial charge >= 0.3 is 0 Å². The lowest BCUT2D eigenvalue weighted by Crippen LogP contribution is -2.11. The molecule has 0 atom stereocenters. The van der Waals surface area contributed by atoms with Gasteiger partial charge in [-0.05, 0) is 42.0 Å². The Balaban J connectivity index is 1.46. The van der Waals surface area contributed by atoms with Gasteiger partial charge in [-0.25, -0.2) is 4.98 Å². The first-order chi connectivity index (χ1) is 15.1. The molecule has 154 valence electrons. The van der Waals surface area contributed by atoms with Gasteiger partial charge in [0.2, 0.25) is 5.16 Å². The van der Waals surface area contributed by atoms with Gasteiger partial charge in [-0.1, -0.05) is 59.8 Å². The number of H-pyrrole nitrogens is 1. The predicted octanol–water partition coefficient (Wildman–Crippen LogP) is 4.54.